The van der Waals surface area contributed by atoms with Crippen LogP contribution in [0, 0.1) is 0 Å². The minimum atomic E-state index is 0.0870. The topological polar surface area (TPSA) is 50.9 Å². The van der Waals surface area contributed by atoms with Crippen LogP contribution in [0.5, 0.6) is 0 Å². The van der Waals surface area contributed by atoms with Gasteiger partial charge in [0, 0.05) is 34.2 Å². The number of nitrogens with two attached hydrogens (primary N) is 1. The summed E-state index contributed by atoms with van der Waals surface area (Å²) < 4.78 is 0. The number of rotatable bonds is 6. The van der Waals surface area contributed by atoms with Crippen molar-refractivity contribution in [3.05, 3.63) is 95.8 Å². The lowest BCUT2D eigenvalue weighted by molar-refractivity contribution is 0.589. The zero-order chi connectivity index (χ0) is 20.1. The molecule has 2 aromatic carbocycles. The Morgan fingerprint density at radius 3 is 2.61 bits per heavy atom. The molecule has 3 rings (SSSR count). The molecule has 1 heterocycles. The van der Waals surface area contributed by atoms with E-state index in [1.165, 1.54) is 28.6 Å². The predicted octanol–water partition coefficient (Wildman–Crippen LogP) is 6.02. The maximum absolute atomic E-state index is 5.69. The zero-order valence-corrected chi connectivity index (χ0v) is 17.5. The molecule has 0 amide bonds. The van der Waals surface area contributed by atoms with Crippen molar-refractivity contribution in [3.8, 4) is 0 Å². The van der Waals surface area contributed by atoms with Crippen LogP contribution in [0.4, 0.5) is 5.69 Å². The number of aromatic nitrogens is 1. The number of hydrogen-bond donors (Lipinski definition) is 2. The van der Waals surface area contributed by atoms with Gasteiger partial charge in [0.2, 0.25) is 0 Å². The Bertz CT molecular complexity index is 959. The Kier molecular flexibility index (Phi) is 6.22. The summed E-state index contributed by atoms with van der Waals surface area (Å²) in [6.45, 7) is 11.0. The van der Waals surface area contributed by atoms with Gasteiger partial charge in [-0.15, -0.1) is 0 Å². The first kappa shape index (κ1) is 20.2. The molecule has 3 nitrogen and oxygen atoms in total. The molecule has 3 N–H and O–H groups in total. The van der Waals surface area contributed by atoms with Gasteiger partial charge in [-0.25, -0.2) is 0 Å². The molecule has 0 atom stereocenters. The number of anilines is 1. The van der Waals surface area contributed by atoms with Crippen molar-refractivity contribution in [1.82, 2.24) is 4.98 Å². The fourth-order valence-corrected chi connectivity index (χ4v) is 3.46. The van der Waals surface area contributed by atoms with Gasteiger partial charge in [-0.3, -0.25) is 10.1 Å². The van der Waals surface area contributed by atoms with Gasteiger partial charge in [0.05, 0.1) is 0 Å². The smallest absolute Gasteiger partial charge is 0.0395 e. The lowest BCUT2D eigenvalue weighted by Crippen LogP contribution is -2.13. The predicted molar refractivity (Wildman–Crippen MR) is 121 cm³/mol. The maximum Gasteiger partial charge on any atom is 0.0395 e. The van der Waals surface area contributed by atoms with Crippen LogP contribution < -0.4 is 10.5 Å². The third kappa shape index (κ3) is 5.03. The number of hydrogen-bond acceptors (Lipinski definition) is 4. The van der Waals surface area contributed by atoms with Crippen LogP contribution in [0.2, 0.25) is 0 Å². The van der Waals surface area contributed by atoms with Crippen LogP contribution >= 0.6 is 11.9 Å². The fourth-order valence-electron chi connectivity index (χ4n) is 3.11. The molecular weight excluding hydrogens is 362 g/mol. The van der Waals surface area contributed by atoms with Crippen molar-refractivity contribution >= 4 is 23.3 Å². The summed E-state index contributed by atoms with van der Waals surface area (Å²) in [4.78, 5) is 5.27. The highest BCUT2D eigenvalue weighted by atomic mass is 32.2. The number of nitrogens with zero attached hydrogens (tertiary/aromatic N) is 1. The molecule has 28 heavy (non-hydrogen) atoms. The van der Waals surface area contributed by atoms with Crippen LogP contribution in [0.3, 0.4) is 0 Å². The van der Waals surface area contributed by atoms with Crippen LogP contribution in [0.1, 0.15) is 43.0 Å². The van der Waals surface area contributed by atoms with Gasteiger partial charge in [0.15, 0.2) is 0 Å². The molecule has 0 saturated heterocycles. The molecule has 0 radical (unpaired) electrons. The van der Waals surface area contributed by atoms with E-state index in [1.807, 2.05) is 36.5 Å². The standard InChI is InChI=1S/C24H27N3S/c1-17(27-21-8-5-9-22(15-21)28-25)23-11-10-20(24(2,3)4)14-19(23)13-18-7-6-12-26-16-18/h5-12,14-16,27H,1,13,25H2,2-4H3. The molecule has 0 aliphatic rings. The van der Waals surface area contributed by atoms with E-state index in [4.69, 9.17) is 5.14 Å². The molecule has 0 aliphatic carbocycles. The monoisotopic (exact) mass is 389 g/mol. The van der Waals surface area contributed by atoms with Crippen LogP contribution in [0.15, 0.2) is 78.5 Å². The highest BCUT2D eigenvalue weighted by Gasteiger charge is 2.17. The minimum absolute atomic E-state index is 0.0870. The molecule has 0 saturated carbocycles. The molecule has 0 aliphatic heterocycles. The SMILES string of the molecule is C=C(Nc1cccc(SN)c1)c1ccc(C(C)(C)C)cc1Cc1cccnc1. The Morgan fingerprint density at radius 2 is 1.93 bits per heavy atom. The average Bonchev–Trinajstić information content (AvgIpc) is 2.68. The molecular formula is C24H27N3S. The van der Waals surface area contributed by atoms with E-state index < -0.39 is 0 Å². The fraction of sp³-hybridized carbons (Fsp3) is 0.208. The Balaban J connectivity index is 1.94. The molecule has 1 aromatic heterocycles. The Morgan fingerprint density at radius 1 is 1.11 bits per heavy atom. The lowest BCUT2D eigenvalue weighted by Gasteiger charge is -2.22. The third-order valence-corrected chi connectivity index (χ3v) is 5.21. The summed E-state index contributed by atoms with van der Waals surface area (Å²) in [5.41, 5.74) is 6.79. The second-order valence-electron chi connectivity index (χ2n) is 7.91. The van der Waals surface area contributed by atoms with Gasteiger partial charge in [-0.1, -0.05) is 57.7 Å². The number of benzene rings is 2. The van der Waals surface area contributed by atoms with E-state index in [2.05, 4.69) is 61.9 Å². The molecule has 0 spiro atoms. The largest absolute Gasteiger partial charge is 0.355 e. The quantitative estimate of drug-likeness (QED) is 0.506. The molecule has 4 heteroatoms. The van der Waals surface area contributed by atoms with Crippen LogP contribution in [-0.4, -0.2) is 4.98 Å². The van der Waals surface area contributed by atoms with E-state index in [0.29, 0.717) is 0 Å². The number of pyridine rings is 1. The van der Waals surface area contributed by atoms with E-state index >= 15 is 0 Å². The maximum atomic E-state index is 5.69. The molecule has 144 valence electrons. The van der Waals surface area contributed by atoms with Crippen molar-refractivity contribution in [2.24, 2.45) is 5.14 Å². The normalized spacial score (nSPS) is 11.3. The van der Waals surface area contributed by atoms with E-state index in [9.17, 15) is 0 Å². The lowest BCUT2D eigenvalue weighted by atomic mass is 9.84. The van der Waals surface area contributed by atoms with E-state index in [0.717, 1.165) is 28.3 Å². The van der Waals surface area contributed by atoms with Crippen molar-refractivity contribution in [2.45, 2.75) is 37.5 Å². The average molecular weight is 390 g/mol. The Hall–Kier alpha value is -2.56. The highest BCUT2D eigenvalue weighted by Crippen LogP contribution is 2.29. The summed E-state index contributed by atoms with van der Waals surface area (Å²) in [6.07, 6.45) is 4.54. The molecule has 3 aromatic rings. The third-order valence-electron chi connectivity index (χ3n) is 4.68. The molecule has 0 unspecified atom stereocenters. The molecule has 0 bridgehead atoms. The van der Waals surface area contributed by atoms with Gasteiger partial charge in [0.1, 0.15) is 0 Å². The van der Waals surface area contributed by atoms with Gasteiger partial charge in [-0.05, 0) is 64.7 Å². The van der Waals surface area contributed by atoms with Crippen molar-refractivity contribution in [1.29, 1.82) is 0 Å². The summed E-state index contributed by atoms with van der Waals surface area (Å²) >= 11 is 1.24. The second-order valence-corrected chi connectivity index (χ2v) is 8.62. The van der Waals surface area contributed by atoms with Gasteiger partial charge in [0.25, 0.3) is 0 Å². The van der Waals surface area contributed by atoms with Crippen LogP contribution in [-0.2, 0) is 11.8 Å². The highest BCUT2D eigenvalue weighted by molar-refractivity contribution is 7.97. The van der Waals surface area contributed by atoms with Gasteiger partial charge in [-0.2, -0.15) is 0 Å². The minimum Gasteiger partial charge on any atom is -0.355 e. The summed E-state index contributed by atoms with van der Waals surface area (Å²) in [6, 6.07) is 18.8. The summed E-state index contributed by atoms with van der Waals surface area (Å²) in [5.74, 6) is 0. The first-order valence-corrected chi connectivity index (χ1v) is 10.2. The van der Waals surface area contributed by atoms with Gasteiger partial charge >= 0.3 is 0 Å². The van der Waals surface area contributed by atoms with Crippen molar-refractivity contribution < 1.29 is 0 Å². The van der Waals surface area contributed by atoms with Crippen molar-refractivity contribution in [3.63, 3.8) is 0 Å². The van der Waals surface area contributed by atoms with Crippen LogP contribution in [0.25, 0.3) is 5.70 Å². The second kappa shape index (κ2) is 8.63. The first-order valence-electron chi connectivity index (χ1n) is 9.32. The van der Waals surface area contributed by atoms with Gasteiger partial charge < -0.3 is 5.32 Å². The van der Waals surface area contributed by atoms with Crippen molar-refractivity contribution in [2.75, 3.05) is 5.32 Å². The summed E-state index contributed by atoms with van der Waals surface area (Å²) in [7, 11) is 0. The molecule has 0 fully saturated rings. The Labute approximate surface area is 172 Å². The zero-order valence-electron chi connectivity index (χ0n) is 16.7. The van der Waals surface area contributed by atoms with E-state index in [-0.39, 0.29) is 5.41 Å². The summed E-state index contributed by atoms with van der Waals surface area (Å²) in [5, 5.41) is 9.13. The van der Waals surface area contributed by atoms with E-state index in [1.54, 1.807) is 6.20 Å². The number of nitrogens with one attached hydrogen (secondary N) is 1. The first-order chi connectivity index (χ1) is 13.4.